The van der Waals surface area contributed by atoms with Gasteiger partial charge in [0.15, 0.2) is 0 Å². The van der Waals surface area contributed by atoms with E-state index in [1.807, 2.05) is 12.3 Å². The van der Waals surface area contributed by atoms with Crippen LogP contribution in [0.5, 0.6) is 0 Å². The lowest BCUT2D eigenvalue weighted by molar-refractivity contribution is 0.248. The monoisotopic (exact) mass is 273 g/mol. The summed E-state index contributed by atoms with van der Waals surface area (Å²) in [4.78, 5) is 6.06. The summed E-state index contributed by atoms with van der Waals surface area (Å²) in [6, 6.07) is 9.43. The van der Waals surface area contributed by atoms with Crippen molar-refractivity contribution in [1.82, 2.24) is 4.90 Å². The Bertz CT molecular complexity index is 497. The van der Waals surface area contributed by atoms with E-state index in [4.69, 9.17) is 0 Å². The van der Waals surface area contributed by atoms with Gasteiger partial charge in [0.2, 0.25) is 0 Å². The highest BCUT2D eigenvalue weighted by Gasteiger charge is 2.31. The van der Waals surface area contributed by atoms with Gasteiger partial charge in [0.1, 0.15) is 6.07 Å². The molecule has 4 heteroatoms. The van der Waals surface area contributed by atoms with Crippen molar-refractivity contribution in [3.8, 4) is 6.07 Å². The molecule has 0 N–H and O–H groups in total. The lowest BCUT2D eigenvalue weighted by atomic mass is 10.1. The second-order valence-corrected chi connectivity index (χ2v) is 6.07. The molecule has 100 valence electrons. The topological polar surface area (TPSA) is 30.3 Å². The van der Waals surface area contributed by atoms with Crippen LogP contribution in [-0.2, 0) is 0 Å². The van der Waals surface area contributed by atoms with Crippen LogP contribution >= 0.6 is 11.8 Å². The van der Waals surface area contributed by atoms with E-state index >= 15 is 0 Å². The fourth-order valence-corrected chi connectivity index (χ4v) is 3.40. The summed E-state index contributed by atoms with van der Waals surface area (Å²) in [6.45, 7) is 4.37. The average Bonchev–Trinajstić information content (AvgIpc) is 3.31. The van der Waals surface area contributed by atoms with Crippen molar-refractivity contribution < 1.29 is 0 Å². The molecule has 19 heavy (non-hydrogen) atoms. The van der Waals surface area contributed by atoms with Gasteiger partial charge in [-0.05, 0) is 31.2 Å². The van der Waals surface area contributed by atoms with Gasteiger partial charge in [0, 0.05) is 37.1 Å². The Kier molecular flexibility index (Phi) is 3.67. The number of piperazine rings is 1. The van der Waals surface area contributed by atoms with Gasteiger partial charge in [-0.3, -0.25) is 4.90 Å². The minimum absolute atomic E-state index is 0.842. The zero-order valence-electron chi connectivity index (χ0n) is 11.3. The summed E-state index contributed by atoms with van der Waals surface area (Å²) >= 11 is 1.65. The molecule has 1 aliphatic heterocycles. The molecule has 0 aromatic heterocycles. The summed E-state index contributed by atoms with van der Waals surface area (Å²) in [6.07, 6.45) is 4.79. The van der Waals surface area contributed by atoms with E-state index in [2.05, 4.69) is 28.0 Å². The van der Waals surface area contributed by atoms with E-state index in [1.54, 1.807) is 11.8 Å². The van der Waals surface area contributed by atoms with Crippen LogP contribution in [0, 0.1) is 11.3 Å². The maximum absolute atomic E-state index is 9.41. The largest absolute Gasteiger partial charge is 0.368 e. The molecule has 3 nitrogen and oxygen atoms in total. The molecule has 1 heterocycles. The third kappa shape index (κ3) is 2.58. The van der Waals surface area contributed by atoms with Gasteiger partial charge in [0.05, 0.1) is 11.3 Å². The predicted octanol–water partition coefficient (Wildman–Crippen LogP) is 2.56. The van der Waals surface area contributed by atoms with Crippen LogP contribution in [-0.4, -0.2) is 43.4 Å². The Balaban J connectivity index is 1.77. The molecule has 0 bridgehead atoms. The highest BCUT2D eigenvalue weighted by Crippen LogP contribution is 2.32. The first kappa shape index (κ1) is 12.8. The number of nitriles is 1. The maximum atomic E-state index is 9.41. The average molecular weight is 273 g/mol. The van der Waals surface area contributed by atoms with Gasteiger partial charge < -0.3 is 4.90 Å². The number of hydrogen-bond donors (Lipinski definition) is 0. The predicted molar refractivity (Wildman–Crippen MR) is 79.7 cm³/mol. The van der Waals surface area contributed by atoms with Crippen molar-refractivity contribution in [1.29, 1.82) is 5.26 Å². The number of nitrogens with zero attached hydrogens (tertiary/aromatic N) is 3. The molecule has 0 spiro atoms. The third-order valence-electron chi connectivity index (χ3n) is 4.05. The lowest BCUT2D eigenvalue weighted by Crippen LogP contribution is -2.47. The van der Waals surface area contributed by atoms with Crippen LogP contribution in [0.25, 0.3) is 0 Å². The number of hydrogen-bond acceptors (Lipinski definition) is 4. The second kappa shape index (κ2) is 5.44. The van der Waals surface area contributed by atoms with Crippen molar-refractivity contribution in [3.63, 3.8) is 0 Å². The van der Waals surface area contributed by atoms with E-state index < -0.39 is 0 Å². The van der Waals surface area contributed by atoms with Crippen LogP contribution in [0.3, 0.4) is 0 Å². The summed E-state index contributed by atoms with van der Waals surface area (Å²) in [5, 5.41) is 9.41. The van der Waals surface area contributed by atoms with Crippen molar-refractivity contribution in [2.75, 3.05) is 37.3 Å². The zero-order chi connectivity index (χ0) is 13.2. The van der Waals surface area contributed by atoms with E-state index in [9.17, 15) is 5.26 Å². The molecule has 1 aromatic carbocycles. The van der Waals surface area contributed by atoms with Gasteiger partial charge >= 0.3 is 0 Å². The van der Waals surface area contributed by atoms with Crippen LogP contribution < -0.4 is 4.90 Å². The summed E-state index contributed by atoms with van der Waals surface area (Å²) < 4.78 is 0. The fraction of sp³-hybridized carbons (Fsp3) is 0.533. The highest BCUT2D eigenvalue weighted by atomic mass is 32.2. The van der Waals surface area contributed by atoms with Crippen LogP contribution in [0.1, 0.15) is 18.4 Å². The second-order valence-electron chi connectivity index (χ2n) is 5.22. The summed E-state index contributed by atoms with van der Waals surface area (Å²) in [5.41, 5.74) is 1.96. The molecular weight excluding hydrogens is 254 g/mol. The lowest BCUT2D eigenvalue weighted by Gasteiger charge is -2.36. The first-order valence-corrected chi connectivity index (χ1v) is 8.12. The quantitative estimate of drug-likeness (QED) is 0.792. The smallest absolute Gasteiger partial charge is 0.103 e. The van der Waals surface area contributed by atoms with Crippen LogP contribution in [0.2, 0.25) is 0 Å². The molecule has 0 radical (unpaired) electrons. The Hall–Kier alpha value is -1.18. The van der Waals surface area contributed by atoms with E-state index in [-0.39, 0.29) is 0 Å². The van der Waals surface area contributed by atoms with Gasteiger partial charge in [0.25, 0.3) is 0 Å². The minimum Gasteiger partial charge on any atom is -0.368 e. The van der Waals surface area contributed by atoms with Gasteiger partial charge in [-0.25, -0.2) is 0 Å². The first-order valence-electron chi connectivity index (χ1n) is 6.89. The SMILES string of the molecule is CSc1cccc(N2CCN(C3CC3)CC2)c1C#N. The van der Waals surface area contributed by atoms with Crippen molar-refractivity contribution in [3.05, 3.63) is 23.8 Å². The standard InChI is InChI=1S/C15H19N3S/c1-19-15-4-2-3-14(13(15)11-16)18-9-7-17(8-10-18)12-5-6-12/h2-4,12H,5-10H2,1H3. The number of anilines is 1. The third-order valence-corrected chi connectivity index (χ3v) is 4.83. The first-order chi connectivity index (χ1) is 9.33. The minimum atomic E-state index is 0.842. The summed E-state index contributed by atoms with van der Waals surface area (Å²) in [7, 11) is 0. The molecule has 1 aliphatic carbocycles. The van der Waals surface area contributed by atoms with Crippen molar-refractivity contribution >= 4 is 17.4 Å². The van der Waals surface area contributed by atoms with Gasteiger partial charge in [-0.2, -0.15) is 5.26 Å². The van der Waals surface area contributed by atoms with E-state index in [0.29, 0.717) is 0 Å². The summed E-state index contributed by atoms with van der Waals surface area (Å²) in [5.74, 6) is 0. The zero-order valence-corrected chi connectivity index (χ0v) is 12.1. The molecular formula is C15H19N3S. The van der Waals surface area contributed by atoms with E-state index in [1.165, 1.54) is 12.8 Å². The molecule has 1 saturated heterocycles. The Morgan fingerprint density at radius 1 is 1.21 bits per heavy atom. The maximum Gasteiger partial charge on any atom is 0.103 e. The normalized spacial score (nSPS) is 20.3. The molecule has 2 fully saturated rings. The van der Waals surface area contributed by atoms with Crippen molar-refractivity contribution in [2.45, 2.75) is 23.8 Å². The molecule has 0 unspecified atom stereocenters. The molecule has 2 aliphatic rings. The van der Waals surface area contributed by atoms with Crippen LogP contribution in [0.15, 0.2) is 23.1 Å². The number of benzene rings is 1. The number of thioether (sulfide) groups is 1. The highest BCUT2D eigenvalue weighted by molar-refractivity contribution is 7.98. The molecule has 1 aromatic rings. The van der Waals surface area contributed by atoms with E-state index in [0.717, 1.165) is 48.4 Å². The van der Waals surface area contributed by atoms with Gasteiger partial charge in [-0.15, -0.1) is 11.8 Å². The molecule has 3 rings (SSSR count). The molecule has 0 atom stereocenters. The Morgan fingerprint density at radius 3 is 2.53 bits per heavy atom. The van der Waals surface area contributed by atoms with Crippen molar-refractivity contribution in [2.24, 2.45) is 0 Å². The Labute approximate surface area is 119 Å². The molecule has 1 saturated carbocycles. The fourth-order valence-electron chi connectivity index (χ4n) is 2.83. The number of rotatable bonds is 3. The Morgan fingerprint density at radius 2 is 1.95 bits per heavy atom. The van der Waals surface area contributed by atoms with Gasteiger partial charge in [-0.1, -0.05) is 6.07 Å². The molecule has 0 amide bonds. The van der Waals surface area contributed by atoms with Crippen LogP contribution in [0.4, 0.5) is 5.69 Å².